The Morgan fingerprint density at radius 3 is 2.79 bits per heavy atom. The summed E-state index contributed by atoms with van der Waals surface area (Å²) >= 11 is 0. The van der Waals surface area contributed by atoms with E-state index in [1.807, 2.05) is 0 Å². The summed E-state index contributed by atoms with van der Waals surface area (Å²) in [5, 5.41) is 3.57. The molecule has 4 nitrogen and oxygen atoms in total. The first-order valence-corrected chi connectivity index (χ1v) is 5.56. The highest BCUT2D eigenvalue weighted by Gasteiger charge is 2.20. The summed E-state index contributed by atoms with van der Waals surface area (Å²) in [6.45, 7) is 8.67. The molecule has 1 atom stereocenters. The minimum Gasteiger partial charge on any atom is -0.379 e. The molecule has 0 aromatic rings. The van der Waals surface area contributed by atoms with Crippen LogP contribution in [0.5, 0.6) is 0 Å². The summed E-state index contributed by atoms with van der Waals surface area (Å²) in [5.74, 6) is 0. The van der Waals surface area contributed by atoms with Crippen LogP contribution < -0.4 is 5.32 Å². The van der Waals surface area contributed by atoms with Crippen molar-refractivity contribution in [3.8, 4) is 0 Å². The van der Waals surface area contributed by atoms with Crippen molar-refractivity contribution in [2.75, 3.05) is 59.5 Å². The second-order valence-electron chi connectivity index (χ2n) is 4.33. The monoisotopic (exact) mass is 199 g/mol. The normalized spacial score (nSPS) is 31.9. The van der Waals surface area contributed by atoms with Gasteiger partial charge in [-0.3, -0.25) is 4.90 Å². The molecule has 0 saturated carbocycles. The predicted molar refractivity (Wildman–Crippen MR) is 56.5 cm³/mol. The maximum absolute atomic E-state index is 5.34. The van der Waals surface area contributed by atoms with Gasteiger partial charge in [-0.15, -0.1) is 0 Å². The largest absolute Gasteiger partial charge is 0.379 e. The van der Waals surface area contributed by atoms with Gasteiger partial charge in [0, 0.05) is 45.3 Å². The minimum atomic E-state index is 0.645. The van der Waals surface area contributed by atoms with E-state index in [0.29, 0.717) is 6.04 Å². The molecule has 0 spiro atoms. The molecule has 0 amide bonds. The Balaban J connectivity index is 1.72. The third-order valence-electron chi connectivity index (χ3n) is 3.04. The van der Waals surface area contributed by atoms with Gasteiger partial charge in [0.05, 0.1) is 13.2 Å². The van der Waals surface area contributed by atoms with Crippen LogP contribution >= 0.6 is 0 Å². The zero-order valence-electron chi connectivity index (χ0n) is 9.04. The van der Waals surface area contributed by atoms with Crippen molar-refractivity contribution in [3.05, 3.63) is 0 Å². The lowest BCUT2D eigenvalue weighted by atomic mass is 10.2. The lowest BCUT2D eigenvalue weighted by Crippen LogP contribution is -2.55. The fourth-order valence-corrected chi connectivity index (χ4v) is 2.21. The van der Waals surface area contributed by atoms with Crippen LogP contribution in [0.4, 0.5) is 0 Å². The number of piperazine rings is 1. The van der Waals surface area contributed by atoms with E-state index in [2.05, 4.69) is 22.2 Å². The molecule has 2 rings (SSSR count). The summed E-state index contributed by atoms with van der Waals surface area (Å²) in [6, 6.07) is 0.645. The molecule has 0 bridgehead atoms. The number of morpholine rings is 1. The summed E-state index contributed by atoms with van der Waals surface area (Å²) in [6.07, 6.45) is 0. The molecule has 2 saturated heterocycles. The van der Waals surface area contributed by atoms with Gasteiger partial charge in [-0.1, -0.05) is 0 Å². The molecular weight excluding hydrogens is 178 g/mol. The van der Waals surface area contributed by atoms with Crippen LogP contribution in [0.2, 0.25) is 0 Å². The lowest BCUT2D eigenvalue weighted by molar-refractivity contribution is 0.0298. The number of likely N-dealkylation sites (N-methyl/N-ethyl adjacent to an activating group) is 1. The van der Waals surface area contributed by atoms with Crippen LogP contribution in [0.3, 0.4) is 0 Å². The first kappa shape index (κ1) is 10.4. The van der Waals surface area contributed by atoms with Crippen molar-refractivity contribution in [1.29, 1.82) is 0 Å². The maximum Gasteiger partial charge on any atom is 0.0594 e. The number of nitrogens with one attached hydrogen (secondary N) is 1. The Morgan fingerprint density at radius 2 is 2.07 bits per heavy atom. The van der Waals surface area contributed by atoms with Gasteiger partial charge in [0.15, 0.2) is 0 Å². The van der Waals surface area contributed by atoms with Gasteiger partial charge < -0.3 is 15.0 Å². The van der Waals surface area contributed by atoms with E-state index in [1.165, 1.54) is 19.6 Å². The Labute approximate surface area is 86.2 Å². The van der Waals surface area contributed by atoms with Crippen LogP contribution in [0.15, 0.2) is 0 Å². The van der Waals surface area contributed by atoms with Crippen molar-refractivity contribution >= 4 is 0 Å². The average Bonchev–Trinajstić information content (AvgIpc) is 2.19. The van der Waals surface area contributed by atoms with Gasteiger partial charge in [0.25, 0.3) is 0 Å². The van der Waals surface area contributed by atoms with Crippen molar-refractivity contribution in [2.45, 2.75) is 6.04 Å². The molecule has 0 radical (unpaired) electrons. The molecule has 2 fully saturated rings. The van der Waals surface area contributed by atoms with Gasteiger partial charge in [0.2, 0.25) is 0 Å². The zero-order valence-corrected chi connectivity index (χ0v) is 9.04. The molecule has 0 aliphatic carbocycles. The van der Waals surface area contributed by atoms with Crippen molar-refractivity contribution < 1.29 is 4.74 Å². The molecule has 2 aliphatic heterocycles. The number of hydrogen-bond donors (Lipinski definition) is 1. The Kier molecular flexibility index (Phi) is 3.75. The molecule has 2 heterocycles. The van der Waals surface area contributed by atoms with Crippen LogP contribution in [-0.2, 0) is 4.74 Å². The summed E-state index contributed by atoms with van der Waals surface area (Å²) in [7, 11) is 2.20. The van der Waals surface area contributed by atoms with E-state index in [9.17, 15) is 0 Å². The summed E-state index contributed by atoms with van der Waals surface area (Å²) in [5.41, 5.74) is 0. The van der Waals surface area contributed by atoms with Gasteiger partial charge in [-0.2, -0.15) is 0 Å². The third kappa shape index (κ3) is 2.92. The molecule has 82 valence electrons. The van der Waals surface area contributed by atoms with Crippen LogP contribution in [0, 0.1) is 0 Å². The van der Waals surface area contributed by atoms with E-state index < -0.39 is 0 Å². The molecule has 1 N–H and O–H groups in total. The highest BCUT2D eigenvalue weighted by Crippen LogP contribution is 2.02. The van der Waals surface area contributed by atoms with Crippen molar-refractivity contribution in [3.63, 3.8) is 0 Å². The van der Waals surface area contributed by atoms with Crippen molar-refractivity contribution in [1.82, 2.24) is 15.1 Å². The lowest BCUT2D eigenvalue weighted by Gasteiger charge is -2.35. The summed E-state index contributed by atoms with van der Waals surface area (Å²) in [4.78, 5) is 4.90. The highest BCUT2D eigenvalue weighted by atomic mass is 16.5. The van der Waals surface area contributed by atoms with Crippen LogP contribution in [0.25, 0.3) is 0 Å². The van der Waals surface area contributed by atoms with E-state index in [1.54, 1.807) is 0 Å². The molecule has 0 aromatic heterocycles. The topological polar surface area (TPSA) is 27.7 Å². The molecule has 2 aliphatic rings. The Hall–Kier alpha value is -0.160. The van der Waals surface area contributed by atoms with Gasteiger partial charge in [-0.05, 0) is 7.05 Å². The Morgan fingerprint density at radius 1 is 1.29 bits per heavy atom. The molecular formula is C10H21N3O. The van der Waals surface area contributed by atoms with Gasteiger partial charge in [0.1, 0.15) is 0 Å². The quantitative estimate of drug-likeness (QED) is 0.631. The van der Waals surface area contributed by atoms with E-state index >= 15 is 0 Å². The smallest absolute Gasteiger partial charge is 0.0594 e. The van der Waals surface area contributed by atoms with Gasteiger partial charge >= 0.3 is 0 Å². The van der Waals surface area contributed by atoms with E-state index in [0.717, 1.165) is 32.8 Å². The van der Waals surface area contributed by atoms with Crippen molar-refractivity contribution in [2.24, 2.45) is 0 Å². The number of rotatable bonds is 2. The van der Waals surface area contributed by atoms with Crippen LogP contribution in [0.1, 0.15) is 0 Å². The molecule has 14 heavy (non-hydrogen) atoms. The van der Waals surface area contributed by atoms with E-state index in [-0.39, 0.29) is 0 Å². The highest BCUT2D eigenvalue weighted by molar-refractivity contribution is 4.80. The fraction of sp³-hybridized carbons (Fsp3) is 1.00. The number of ether oxygens (including phenoxy) is 1. The molecule has 4 heteroatoms. The SMILES string of the molecule is CN1CCNC(CN2CCOCC2)C1. The Bertz CT molecular complexity index is 171. The molecule has 1 unspecified atom stereocenters. The second-order valence-corrected chi connectivity index (χ2v) is 4.33. The zero-order chi connectivity index (χ0) is 9.80. The van der Waals surface area contributed by atoms with Gasteiger partial charge in [-0.25, -0.2) is 0 Å². The first-order valence-electron chi connectivity index (χ1n) is 5.56. The number of nitrogens with zero attached hydrogens (tertiary/aromatic N) is 2. The first-order chi connectivity index (χ1) is 6.84. The van der Waals surface area contributed by atoms with E-state index in [4.69, 9.17) is 4.74 Å². The fourth-order valence-electron chi connectivity index (χ4n) is 2.21. The predicted octanol–water partition coefficient (Wildman–Crippen LogP) is -0.778. The third-order valence-corrected chi connectivity index (χ3v) is 3.04. The minimum absolute atomic E-state index is 0.645. The maximum atomic E-state index is 5.34. The average molecular weight is 199 g/mol. The summed E-state index contributed by atoms with van der Waals surface area (Å²) < 4.78 is 5.34. The standard InChI is InChI=1S/C10H21N3O/c1-12-3-2-11-10(8-12)9-13-4-6-14-7-5-13/h10-11H,2-9H2,1H3. The molecule has 0 aromatic carbocycles. The van der Waals surface area contributed by atoms with Crippen LogP contribution in [-0.4, -0.2) is 75.4 Å². The number of hydrogen-bond acceptors (Lipinski definition) is 4. The second kappa shape index (κ2) is 5.07.